The predicted molar refractivity (Wildman–Crippen MR) is 99.6 cm³/mol. The molecule has 2 atom stereocenters. The second-order valence-electron chi connectivity index (χ2n) is 8.05. The lowest BCUT2D eigenvalue weighted by Gasteiger charge is -2.45. The fourth-order valence-electron chi connectivity index (χ4n) is 5.30. The molecule has 2 fully saturated rings. The molecule has 3 heteroatoms. The molecule has 0 unspecified atom stereocenters. The first-order valence-corrected chi connectivity index (χ1v) is 10.3. The van der Waals surface area contributed by atoms with Crippen molar-refractivity contribution in [2.24, 2.45) is 0 Å². The molecule has 2 heterocycles. The third kappa shape index (κ3) is 4.15. The minimum atomic E-state index is 0. The van der Waals surface area contributed by atoms with E-state index in [-0.39, 0.29) is 24.0 Å². The Morgan fingerprint density at radius 2 is 1.92 bits per heavy atom. The van der Waals surface area contributed by atoms with Gasteiger partial charge < -0.3 is 24.0 Å². The van der Waals surface area contributed by atoms with Crippen molar-refractivity contribution in [2.75, 3.05) is 20.1 Å². The van der Waals surface area contributed by atoms with E-state index < -0.39 is 0 Å². The van der Waals surface area contributed by atoms with Gasteiger partial charge in [0.15, 0.2) is 0 Å². The lowest BCUT2D eigenvalue weighted by Crippen LogP contribution is -3.00. The Balaban J connectivity index is 0.00000208. The molecule has 1 saturated heterocycles. The van der Waals surface area contributed by atoms with Gasteiger partial charge in [0, 0.05) is 31.8 Å². The summed E-state index contributed by atoms with van der Waals surface area (Å²) in [5.41, 5.74) is 3.84. The molecule has 1 saturated carbocycles. The molecule has 24 heavy (non-hydrogen) atoms. The highest BCUT2D eigenvalue weighted by Gasteiger charge is 2.57. The van der Waals surface area contributed by atoms with E-state index in [1.54, 1.807) is 11.1 Å². The minimum Gasteiger partial charge on any atom is -1.00 e. The zero-order valence-corrected chi connectivity index (χ0v) is 18.0. The van der Waals surface area contributed by atoms with Crippen LogP contribution in [0.4, 0.5) is 0 Å². The second-order valence-corrected chi connectivity index (χ2v) is 8.05. The number of hydrogen-bond acceptors (Lipinski definition) is 2. The summed E-state index contributed by atoms with van der Waals surface area (Å²) in [5, 5.41) is 3.90. The van der Waals surface area contributed by atoms with Gasteiger partial charge in [-0.3, -0.25) is 10.2 Å². The third-order valence-electron chi connectivity index (χ3n) is 6.61. The van der Waals surface area contributed by atoms with Gasteiger partial charge in [0.05, 0.1) is 17.7 Å². The molecule has 1 spiro atoms. The maximum absolute atomic E-state index is 3.90. The van der Waals surface area contributed by atoms with Crippen molar-refractivity contribution < 1.29 is 24.0 Å². The maximum atomic E-state index is 3.90. The number of hydrogen-bond donors (Lipinski definition) is 1. The van der Waals surface area contributed by atoms with Crippen LogP contribution >= 0.6 is 0 Å². The van der Waals surface area contributed by atoms with E-state index in [2.05, 4.69) is 30.6 Å². The topological polar surface area (TPSA) is 15.3 Å². The van der Waals surface area contributed by atoms with Crippen molar-refractivity contribution in [3.63, 3.8) is 0 Å². The quantitative estimate of drug-likeness (QED) is 0.349. The molecule has 138 valence electrons. The first-order valence-electron chi connectivity index (χ1n) is 10.3. The van der Waals surface area contributed by atoms with Gasteiger partial charge in [-0.2, -0.15) is 0 Å². The Hall–Kier alpha value is 0.260. The van der Waals surface area contributed by atoms with Crippen molar-refractivity contribution in [1.29, 1.82) is 0 Å². The zero-order valence-electron chi connectivity index (χ0n) is 15.9. The van der Waals surface area contributed by atoms with Gasteiger partial charge in [-0.05, 0) is 32.7 Å². The number of likely N-dealkylation sites (N-methyl/N-ethyl adjacent to an activating group) is 1. The van der Waals surface area contributed by atoms with Crippen LogP contribution in [0, 0.1) is 6.42 Å². The molecular formula is C21H37IN2. The number of halogens is 1. The summed E-state index contributed by atoms with van der Waals surface area (Å²) < 4.78 is 0. The van der Waals surface area contributed by atoms with E-state index in [4.69, 9.17) is 0 Å². The molecule has 3 aliphatic rings. The largest absolute Gasteiger partial charge is 1.00 e. The monoisotopic (exact) mass is 444 g/mol. The molecule has 0 bridgehead atoms. The first-order chi connectivity index (χ1) is 11.3. The molecule has 0 radical (unpaired) electrons. The van der Waals surface area contributed by atoms with Gasteiger partial charge in [0.25, 0.3) is 0 Å². The number of unbranched alkanes of at least 4 members (excludes halogenated alkanes) is 6. The van der Waals surface area contributed by atoms with E-state index in [0.717, 1.165) is 6.54 Å². The maximum Gasteiger partial charge on any atom is 0.128 e. The molecule has 1 N–H and O–H groups in total. The van der Waals surface area contributed by atoms with Crippen LogP contribution in [-0.2, 0) is 0 Å². The predicted octanol–water partition coefficient (Wildman–Crippen LogP) is 1.86. The zero-order chi connectivity index (χ0) is 16.1. The van der Waals surface area contributed by atoms with Crippen LogP contribution < -0.4 is 29.3 Å². The van der Waals surface area contributed by atoms with Gasteiger partial charge in [-0.1, -0.05) is 45.4 Å². The van der Waals surface area contributed by atoms with E-state index in [1.807, 2.05) is 0 Å². The standard InChI is InChI=1S/C21H37N2.HI/c1-3-4-5-6-7-8-9-12-18-17-22-20-14-16-23(2)21(20)15-11-10-13-19(18)21;/h13,20,22H,3-12,14-17H2,1-2H3;1H/q+1;/p-1/t20-,21-;/m1./s1. The molecular weight excluding hydrogens is 407 g/mol. The van der Waals surface area contributed by atoms with Gasteiger partial charge in [0.2, 0.25) is 0 Å². The summed E-state index contributed by atoms with van der Waals surface area (Å²) in [4.78, 5) is 2.67. The molecule has 2 nitrogen and oxygen atoms in total. The smallest absolute Gasteiger partial charge is 0.128 e. The Morgan fingerprint density at radius 3 is 2.71 bits per heavy atom. The average Bonchev–Trinajstić information content (AvgIpc) is 2.90. The van der Waals surface area contributed by atoms with Crippen LogP contribution in [-0.4, -0.2) is 36.6 Å². The van der Waals surface area contributed by atoms with Crippen molar-refractivity contribution in [2.45, 2.75) is 95.6 Å². The first kappa shape index (κ1) is 20.6. The molecule has 0 aromatic rings. The summed E-state index contributed by atoms with van der Waals surface area (Å²) in [7, 11) is 2.36. The molecule has 2 aliphatic heterocycles. The van der Waals surface area contributed by atoms with Crippen LogP contribution in [0.2, 0.25) is 0 Å². The van der Waals surface area contributed by atoms with E-state index >= 15 is 0 Å². The SMILES string of the molecule is CCCCCCCCCC1=C2[CH+]CCC[C@]23[C@@H](CCN3C)NC1.[I-]. The van der Waals surface area contributed by atoms with Gasteiger partial charge in [-0.15, -0.1) is 0 Å². The third-order valence-corrected chi connectivity index (χ3v) is 6.61. The lowest BCUT2D eigenvalue weighted by molar-refractivity contribution is -0.00000500. The minimum absolute atomic E-state index is 0. The Morgan fingerprint density at radius 1 is 1.17 bits per heavy atom. The summed E-state index contributed by atoms with van der Waals surface area (Å²) >= 11 is 0. The highest BCUT2D eigenvalue weighted by Crippen LogP contribution is 2.47. The van der Waals surface area contributed by atoms with Gasteiger partial charge >= 0.3 is 0 Å². The summed E-state index contributed by atoms with van der Waals surface area (Å²) in [6, 6.07) is 0.705. The van der Waals surface area contributed by atoms with E-state index in [9.17, 15) is 0 Å². The second kappa shape index (κ2) is 9.82. The summed E-state index contributed by atoms with van der Waals surface area (Å²) in [6.45, 7) is 4.72. The molecule has 0 aromatic heterocycles. The van der Waals surface area contributed by atoms with Crippen molar-refractivity contribution in [3.05, 3.63) is 17.6 Å². The fourth-order valence-corrected chi connectivity index (χ4v) is 5.30. The van der Waals surface area contributed by atoms with Crippen LogP contribution in [0.15, 0.2) is 11.1 Å². The normalized spacial score (nSPS) is 29.7. The van der Waals surface area contributed by atoms with Crippen LogP contribution in [0.25, 0.3) is 0 Å². The van der Waals surface area contributed by atoms with Crippen LogP contribution in [0.5, 0.6) is 0 Å². The Kier molecular flexibility index (Phi) is 8.42. The Bertz CT molecular complexity index is 420. The van der Waals surface area contributed by atoms with Crippen molar-refractivity contribution in [3.8, 4) is 0 Å². The van der Waals surface area contributed by atoms with E-state index in [1.165, 1.54) is 83.6 Å². The molecule has 0 amide bonds. The fraction of sp³-hybridized carbons (Fsp3) is 0.857. The van der Waals surface area contributed by atoms with Gasteiger partial charge in [-0.25, -0.2) is 0 Å². The average molecular weight is 444 g/mol. The van der Waals surface area contributed by atoms with Gasteiger partial charge in [0.1, 0.15) is 5.57 Å². The summed E-state index contributed by atoms with van der Waals surface area (Å²) in [5.74, 6) is 0. The highest BCUT2D eigenvalue weighted by molar-refractivity contribution is 5.42. The lowest BCUT2D eigenvalue weighted by atomic mass is 9.68. The molecule has 3 rings (SSSR count). The highest BCUT2D eigenvalue weighted by atomic mass is 127. The van der Waals surface area contributed by atoms with Crippen molar-refractivity contribution >= 4 is 0 Å². The molecule has 0 aromatic carbocycles. The number of rotatable bonds is 8. The number of nitrogens with one attached hydrogen (secondary N) is 1. The molecule has 1 aliphatic carbocycles. The van der Waals surface area contributed by atoms with E-state index in [0.29, 0.717) is 11.6 Å². The Labute approximate surface area is 167 Å². The van der Waals surface area contributed by atoms with Crippen molar-refractivity contribution in [1.82, 2.24) is 10.2 Å². The number of likely N-dealkylation sites (tertiary alicyclic amines) is 1. The summed E-state index contributed by atoms with van der Waals surface area (Å²) in [6.07, 6.45) is 19.2. The van der Waals surface area contributed by atoms with Crippen LogP contribution in [0.3, 0.4) is 0 Å². The number of nitrogens with zero attached hydrogens (tertiary/aromatic N) is 1. The van der Waals surface area contributed by atoms with Crippen LogP contribution in [0.1, 0.15) is 84.0 Å².